The minimum atomic E-state index is -0.607. The van der Waals surface area contributed by atoms with E-state index in [-0.39, 0.29) is 11.9 Å². The molecule has 0 fully saturated rings. The fourth-order valence-electron chi connectivity index (χ4n) is 1.79. The molecule has 0 spiro atoms. The highest BCUT2D eigenvalue weighted by Crippen LogP contribution is 2.34. The molecule has 0 heterocycles. The second kappa shape index (κ2) is 7.17. The van der Waals surface area contributed by atoms with Gasteiger partial charge in [0.05, 0.1) is 10.8 Å². The number of rotatable bonds is 6. The van der Waals surface area contributed by atoms with Crippen LogP contribution in [-0.4, -0.2) is 11.9 Å². The van der Waals surface area contributed by atoms with Crippen molar-refractivity contribution >= 4 is 24.3 Å². The quantitative estimate of drug-likeness (QED) is 0.688. The maximum absolute atomic E-state index is 12.0. The molecule has 0 saturated carbocycles. The summed E-state index contributed by atoms with van der Waals surface area (Å²) in [7, 11) is 0. The topological polar surface area (TPSA) is 52.6 Å². The average Bonchev–Trinajstić information content (AvgIpc) is 2.28. The molecule has 5 heteroatoms. The van der Waals surface area contributed by atoms with Crippen LogP contribution in [-0.2, 0) is 18.0 Å². The van der Waals surface area contributed by atoms with Crippen LogP contribution in [0.2, 0.25) is 0 Å². The van der Waals surface area contributed by atoms with Gasteiger partial charge in [-0.15, -0.1) is 0 Å². The number of hydrogen-bond donors (Lipinski definition) is 0. The molecular weight excluding hydrogens is 264 g/mol. The molecular formula is C14H26O4S. The monoisotopic (exact) mass is 290 g/mol. The van der Waals surface area contributed by atoms with Crippen molar-refractivity contribution in [3.63, 3.8) is 0 Å². The van der Waals surface area contributed by atoms with Gasteiger partial charge in [0.1, 0.15) is 0 Å². The second-order valence-corrected chi connectivity index (χ2v) is 6.76. The van der Waals surface area contributed by atoms with E-state index in [4.69, 9.17) is 8.37 Å². The van der Waals surface area contributed by atoms with E-state index >= 15 is 0 Å². The van der Waals surface area contributed by atoms with E-state index in [0.29, 0.717) is 12.3 Å². The Morgan fingerprint density at radius 1 is 0.947 bits per heavy atom. The smallest absolute Gasteiger partial charge is 0.326 e. The van der Waals surface area contributed by atoms with Gasteiger partial charge in [-0.05, 0) is 40.5 Å². The van der Waals surface area contributed by atoms with Crippen LogP contribution in [0.1, 0.15) is 61.3 Å². The van der Waals surface area contributed by atoms with E-state index in [1.165, 1.54) is 0 Å². The Hall–Kier alpha value is -0.710. The molecule has 0 unspecified atom stereocenters. The lowest BCUT2D eigenvalue weighted by Crippen LogP contribution is -2.33. The molecule has 0 rings (SSSR count). The van der Waals surface area contributed by atoms with Crippen molar-refractivity contribution < 1.29 is 18.0 Å². The molecule has 0 bridgehead atoms. The third-order valence-electron chi connectivity index (χ3n) is 3.36. The van der Waals surface area contributed by atoms with Gasteiger partial charge in [-0.3, -0.25) is 9.59 Å². The van der Waals surface area contributed by atoms with Crippen molar-refractivity contribution in [2.75, 3.05) is 0 Å². The van der Waals surface area contributed by atoms with Gasteiger partial charge in [-0.25, -0.2) is 0 Å². The predicted molar refractivity (Wildman–Crippen MR) is 77.1 cm³/mol. The zero-order valence-electron chi connectivity index (χ0n) is 13.0. The van der Waals surface area contributed by atoms with Crippen molar-refractivity contribution in [1.29, 1.82) is 0 Å². The van der Waals surface area contributed by atoms with Crippen LogP contribution in [0.5, 0.6) is 0 Å². The van der Waals surface area contributed by atoms with E-state index in [0.717, 1.165) is 12.8 Å². The molecule has 0 saturated heterocycles. The van der Waals surface area contributed by atoms with Crippen LogP contribution >= 0.6 is 12.3 Å². The summed E-state index contributed by atoms with van der Waals surface area (Å²) in [5.41, 5.74) is -1.19. The van der Waals surface area contributed by atoms with E-state index in [1.807, 2.05) is 13.8 Å². The average molecular weight is 290 g/mol. The first-order chi connectivity index (χ1) is 8.57. The summed E-state index contributed by atoms with van der Waals surface area (Å²) < 4.78 is 9.85. The highest BCUT2D eigenvalue weighted by atomic mass is 32.2. The SMILES string of the molecule is CCC(CC)C(C)(C)C(=O)OSOC(=O)C(C)(C)C. The van der Waals surface area contributed by atoms with Gasteiger partial charge in [0.2, 0.25) is 0 Å². The van der Waals surface area contributed by atoms with Crippen LogP contribution in [0.25, 0.3) is 0 Å². The number of hydrogen-bond acceptors (Lipinski definition) is 5. The first kappa shape index (κ1) is 18.3. The van der Waals surface area contributed by atoms with Crippen molar-refractivity contribution in [3.05, 3.63) is 0 Å². The Balaban J connectivity index is 4.36. The van der Waals surface area contributed by atoms with Gasteiger partial charge >= 0.3 is 11.9 Å². The van der Waals surface area contributed by atoms with E-state index in [1.54, 1.807) is 20.8 Å². The molecule has 112 valence electrons. The van der Waals surface area contributed by atoms with Crippen molar-refractivity contribution in [2.45, 2.75) is 61.3 Å². The van der Waals surface area contributed by atoms with Gasteiger partial charge < -0.3 is 8.37 Å². The summed E-state index contributed by atoms with van der Waals surface area (Å²) in [6, 6.07) is 0. The summed E-state index contributed by atoms with van der Waals surface area (Å²) in [5.74, 6) is -0.516. The summed E-state index contributed by atoms with van der Waals surface area (Å²) in [6.07, 6.45) is 1.82. The Morgan fingerprint density at radius 2 is 1.37 bits per heavy atom. The van der Waals surface area contributed by atoms with Gasteiger partial charge in [0, 0.05) is 0 Å². The molecule has 0 aromatic heterocycles. The normalized spacial score (nSPS) is 12.4. The lowest BCUT2D eigenvalue weighted by Gasteiger charge is -2.29. The molecule has 0 aromatic carbocycles. The van der Waals surface area contributed by atoms with Gasteiger partial charge in [0.15, 0.2) is 0 Å². The van der Waals surface area contributed by atoms with Crippen LogP contribution < -0.4 is 0 Å². The zero-order chi connectivity index (χ0) is 15.3. The van der Waals surface area contributed by atoms with Crippen LogP contribution in [0.15, 0.2) is 0 Å². The first-order valence-corrected chi connectivity index (χ1v) is 7.34. The van der Waals surface area contributed by atoms with E-state index < -0.39 is 16.8 Å². The van der Waals surface area contributed by atoms with Crippen molar-refractivity contribution in [2.24, 2.45) is 16.7 Å². The standard InChI is InChI=1S/C14H26O4S/c1-8-10(9-2)14(6,7)12(16)18-19-17-11(15)13(3,4)5/h10H,8-9H2,1-7H3. The van der Waals surface area contributed by atoms with Gasteiger partial charge in [-0.1, -0.05) is 26.7 Å². The fourth-order valence-corrected chi connectivity index (χ4v) is 2.41. The zero-order valence-corrected chi connectivity index (χ0v) is 13.8. The molecule has 0 aliphatic carbocycles. The van der Waals surface area contributed by atoms with Crippen LogP contribution in [0.4, 0.5) is 0 Å². The fraction of sp³-hybridized carbons (Fsp3) is 0.857. The highest BCUT2D eigenvalue weighted by Gasteiger charge is 2.37. The Morgan fingerprint density at radius 3 is 1.74 bits per heavy atom. The maximum Gasteiger partial charge on any atom is 0.326 e. The molecule has 0 aliphatic heterocycles. The molecule has 0 amide bonds. The minimum absolute atomic E-state index is 0.249. The summed E-state index contributed by atoms with van der Waals surface area (Å²) in [4.78, 5) is 23.5. The molecule has 0 atom stereocenters. The largest absolute Gasteiger partial charge is 0.354 e. The van der Waals surface area contributed by atoms with Gasteiger partial charge in [0.25, 0.3) is 12.3 Å². The summed E-state index contributed by atoms with van der Waals surface area (Å²) in [6.45, 7) is 13.0. The predicted octanol–water partition coefficient (Wildman–Crippen LogP) is 4.14. The molecule has 4 nitrogen and oxygen atoms in total. The molecule has 19 heavy (non-hydrogen) atoms. The minimum Gasteiger partial charge on any atom is -0.354 e. The van der Waals surface area contributed by atoms with Gasteiger partial charge in [-0.2, -0.15) is 0 Å². The summed E-state index contributed by atoms with van der Waals surface area (Å²) in [5, 5.41) is 0. The maximum atomic E-state index is 12.0. The summed E-state index contributed by atoms with van der Waals surface area (Å²) >= 11 is 0.463. The Bertz CT molecular complexity index is 314. The Labute approximate surface area is 121 Å². The second-order valence-electron chi connectivity index (χ2n) is 6.29. The molecule has 0 radical (unpaired) electrons. The van der Waals surface area contributed by atoms with Crippen molar-refractivity contribution in [3.8, 4) is 0 Å². The van der Waals surface area contributed by atoms with E-state index in [9.17, 15) is 9.59 Å². The van der Waals surface area contributed by atoms with Crippen molar-refractivity contribution in [1.82, 2.24) is 0 Å². The third-order valence-corrected chi connectivity index (χ3v) is 3.80. The van der Waals surface area contributed by atoms with Crippen LogP contribution in [0, 0.1) is 16.7 Å². The first-order valence-electron chi connectivity index (χ1n) is 6.67. The Kier molecular flexibility index (Phi) is 6.91. The van der Waals surface area contributed by atoms with Crippen LogP contribution in [0.3, 0.4) is 0 Å². The number of carbonyl (C=O) groups excluding carboxylic acids is 2. The molecule has 0 N–H and O–H groups in total. The molecule has 0 aromatic rings. The lowest BCUT2D eigenvalue weighted by atomic mass is 9.76. The number of carbonyl (C=O) groups is 2. The molecule has 0 aliphatic rings. The third kappa shape index (κ3) is 5.43. The van der Waals surface area contributed by atoms with E-state index in [2.05, 4.69) is 13.8 Å². The highest BCUT2D eigenvalue weighted by molar-refractivity contribution is 7.90. The lowest BCUT2D eigenvalue weighted by molar-refractivity contribution is -0.147.